The maximum Gasteiger partial charge on any atom is -0.0245 e. The van der Waals surface area contributed by atoms with E-state index >= 15 is 0 Å². The van der Waals surface area contributed by atoms with Crippen molar-refractivity contribution in [2.75, 3.05) is 0 Å². The van der Waals surface area contributed by atoms with Crippen molar-refractivity contribution in [3.63, 3.8) is 0 Å². The minimum absolute atomic E-state index is 0.883. The molecule has 0 amide bonds. The second-order valence-corrected chi connectivity index (χ2v) is 4.47. The fourth-order valence-corrected chi connectivity index (χ4v) is 2.87. The van der Waals surface area contributed by atoms with Crippen LogP contribution in [0, 0.1) is 18.3 Å². The fourth-order valence-electron chi connectivity index (χ4n) is 2.87. The van der Waals surface area contributed by atoms with Gasteiger partial charge in [0.1, 0.15) is 0 Å². The summed E-state index contributed by atoms with van der Waals surface area (Å²) in [6.45, 7) is 0. The fraction of sp³-hybridized carbons (Fsp3) is 0.462. The zero-order valence-electron chi connectivity index (χ0n) is 7.87. The van der Waals surface area contributed by atoms with Gasteiger partial charge in [-0.05, 0) is 55.1 Å². The average Bonchev–Trinajstić information content (AvgIpc) is 2.48. The number of rotatable bonds is 0. The Kier molecular flexibility index (Phi) is 1.68. The summed E-state index contributed by atoms with van der Waals surface area (Å²) in [6.07, 6.45) is 8.05. The molecule has 0 aliphatic heterocycles. The standard InChI is InChI=1S/C13H15/c1-2-4-13-9-11-6-5-10(7-11)8-12(13)3-1/h1-4,7,10-11H,5-6,8-9H2. The lowest BCUT2D eigenvalue weighted by atomic mass is 9.94. The Morgan fingerprint density at radius 2 is 1.38 bits per heavy atom. The van der Waals surface area contributed by atoms with Crippen LogP contribution in [0.1, 0.15) is 24.0 Å². The van der Waals surface area contributed by atoms with Crippen LogP contribution in [0.5, 0.6) is 0 Å². The lowest BCUT2D eigenvalue weighted by Crippen LogP contribution is -2.01. The Balaban J connectivity index is 2.01. The molecule has 1 fully saturated rings. The largest absolute Gasteiger partial charge is 0.0620 e. The van der Waals surface area contributed by atoms with E-state index in [1.165, 1.54) is 25.7 Å². The normalized spacial score (nSPS) is 31.1. The summed E-state index contributed by atoms with van der Waals surface area (Å²) in [4.78, 5) is 0. The Hall–Kier alpha value is -0.780. The predicted molar refractivity (Wildman–Crippen MR) is 54.4 cm³/mol. The summed E-state index contributed by atoms with van der Waals surface area (Å²) in [6, 6.07) is 8.98. The van der Waals surface area contributed by atoms with Gasteiger partial charge in [-0.25, -0.2) is 0 Å². The van der Waals surface area contributed by atoms with Crippen molar-refractivity contribution >= 4 is 0 Å². The van der Waals surface area contributed by atoms with Crippen LogP contribution in [0.3, 0.4) is 0 Å². The molecule has 1 saturated carbocycles. The molecule has 67 valence electrons. The third-order valence-corrected chi connectivity index (χ3v) is 3.54. The summed E-state index contributed by atoms with van der Waals surface area (Å²) in [5.41, 5.74) is 3.21. The van der Waals surface area contributed by atoms with Gasteiger partial charge in [-0.15, -0.1) is 0 Å². The zero-order valence-corrected chi connectivity index (χ0v) is 7.87. The summed E-state index contributed by atoms with van der Waals surface area (Å²) in [5.74, 6) is 1.77. The lowest BCUT2D eigenvalue weighted by Gasteiger charge is -2.12. The molecule has 1 radical (unpaired) electrons. The SMILES string of the molecule is [CH]1C2CCC1Cc1ccccc1C2. The summed E-state index contributed by atoms with van der Waals surface area (Å²) >= 11 is 0. The third-order valence-electron chi connectivity index (χ3n) is 3.54. The maximum absolute atomic E-state index is 2.60. The molecule has 13 heavy (non-hydrogen) atoms. The lowest BCUT2D eigenvalue weighted by molar-refractivity contribution is 0.593. The van der Waals surface area contributed by atoms with Crippen LogP contribution in [-0.2, 0) is 12.8 Å². The summed E-state index contributed by atoms with van der Waals surface area (Å²) in [5, 5.41) is 0. The van der Waals surface area contributed by atoms with Crippen molar-refractivity contribution in [3.8, 4) is 0 Å². The first kappa shape index (κ1) is 7.61. The average molecular weight is 171 g/mol. The summed E-state index contributed by atoms with van der Waals surface area (Å²) in [7, 11) is 0. The highest BCUT2D eigenvalue weighted by molar-refractivity contribution is 5.31. The Labute approximate surface area is 80.0 Å². The predicted octanol–water partition coefficient (Wildman–Crippen LogP) is 3.02. The van der Waals surface area contributed by atoms with E-state index in [-0.39, 0.29) is 0 Å². The Morgan fingerprint density at radius 3 is 1.92 bits per heavy atom. The van der Waals surface area contributed by atoms with E-state index in [1.807, 2.05) is 0 Å². The van der Waals surface area contributed by atoms with Gasteiger partial charge in [-0.2, -0.15) is 0 Å². The molecule has 0 heteroatoms. The van der Waals surface area contributed by atoms with Gasteiger partial charge in [0, 0.05) is 0 Å². The van der Waals surface area contributed by atoms with E-state index in [1.54, 1.807) is 11.1 Å². The zero-order chi connectivity index (χ0) is 8.67. The van der Waals surface area contributed by atoms with Crippen LogP contribution in [0.15, 0.2) is 24.3 Å². The third kappa shape index (κ3) is 1.29. The minimum Gasteiger partial charge on any atom is -0.0620 e. The van der Waals surface area contributed by atoms with Crippen LogP contribution in [0.4, 0.5) is 0 Å². The van der Waals surface area contributed by atoms with Crippen molar-refractivity contribution in [1.29, 1.82) is 0 Å². The number of hydrogen-bond acceptors (Lipinski definition) is 0. The molecule has 0 saturated heterocycles. The van der Waals surface area contributed by atoms with Crippen molar-refractivity contribution < 1.29 is 0 Å². The molecule has 0 N–H and O–H groups in total. The maximum atomic E-state index is 2.60. The van der Waals surface area contributed by atoms with Crippen LogP contribution < -0.4 is 0 Å². The summed E-state index contributed by atoms with van der Waals surface area (Å²) < 4.78 is 0. The first-order valence-corrected chi connectivity index (χ1v) is 5.33. The van der Waals surface area contributed by atoms with Gasteiger partial charge in [0.05, 0.1) is 0 Å². The quantitative estimate of drug-likeness (QED) is 0.563. The highest BCUT2D eigenvalue weighted by Gasteiger charge is 2.29. The van der Waals surface area contributed by atoms with Crippen LogP contribution >= 0.6 is 0 Å². The highest BCUT2D eigenvalue weighted by atomic mass is 14.3. The van der Waals surface area contributed by atoms with Crippen LogP contribution in [0.25, 0.3) is 0 Å². The molecular weight excluding hydrogens is 156 g/mol. The van der Waals surface area contributed by atoms with Gasteiger partial charge < -0.3 is 0 Å². The van der Waals surface area contributed by atoms with E-state index in [9.17, 15) is 0 Å². The minimum atomic E-state index is 0.883. The van der Waals surface area contributed by atoms with Crippen molar-refractivity contribution in [3.05, 3.63) is 41.8 Å². The molecule has 1 aromatic rings. The molecule has 2 atom stereocenters. The van der Waals surface area contributed by atoms with Crippen LogP contribution in [-0.4, -0.2) is 0 Å². The van der Waals surface area contributed by atoms with Crippen molar-refractivity contribution in [1.82, 2.24) is 0 Å². The molecule has 0 spiro atoms. The molecule has 2 aliphatic rings. The smallest absolute Gasteiger partial charge is 0.0245 e. The molecule has 2 aliphatic carbocycles. The molecular formula is C13H15. The highest BCUT2D eigenvalue weighted by Crippen LogP contribution is 2.38. The topological polar surface area (TPSA) is 0 Å². The Bertz CT molecular complexity index is 283. The van der Waals surface area contributed by atoms with Gasteiger partial charge in [0.25, 0.3) is 0 Å². The van der Waals surface area contributed by atoms with E-state index in [0.29, 0.717) is 0 Å². The molecule has 2 unspecified atom stereocenters. The van der Waals surface area contributed by atoms with Gasteiger partial charge >= 0.3 is 0 Å². The molecule has 3 rings (SSSR count). The second-order valence-electron chi connectivity index (χ2n) is 4.47. The second kappa shape index (κ2) is 2.87. The number of benzene rings is 1. The van der Waals surface area contributed by atoms with E-state index in [0.717, 1.165) is 11.8 Å². The van der Waals surface area contributed by atoms with Gasteiger partial charge in [-0.1, -0.05) is 24.3 Å². The van der Waals surface area contributed by atoms with Gasteiger partial charge in [0.2, 0.25) is 0 Å². The molecule has 2 bridgehead atoms. The van der Waals surface area contributed by atoms with Gasteiger partial charge in [-0.3, -0.25) is 0 Å². The van der Waals surface area contributed by atoms with E-state index in [2.05, 4.69) is 30.7 Å². The van der Waals surface area contributed by atoms with Gasteiger partial charge in [0.15, 0.2) is 0 Å². The molecule has 1 aromatic carbocycles. The number of fused-ring (bicyclic) bond motifs is 3. The van der Waals surface area contributed by atoms with E-state index < -0.39 is 0 Å². The Morgan fingerprint density at radius 1 is 0.846 bits per heavy atom. The monoisotopic (exact) mass is 171 g/mol. The molecule has 0 nitrogen and oxygen atoms in total. The number of hydrogen-bond donors (Lipinski definition) is 0. The first-order chi connectivity index (χ1) is 6.42. The van der Waals surface area contributed by atoms with Crippen molar-refractivity contribution in [2.45, 2.75) is 25.7 Å². The molecule has 0 heterocycles. The van der Waals surface area contributed by atoms with E-state index in [4.69, 9.17) is 0 Å². The van der Waals surface area contributed by atoms with Crippen molar-refractivity contribution in [2.24, 2.45) is 11.8 Å². The first-order valence-electron chi connectivity index (χ1n) is 5.33. The van der Waals surface area contributed by atoms with Crippen LogP contribution in [0.2, 0.25) is 0 Å². The molecule has 0 aromatic heterocycles.